The Balaban J connectivity index is 1.36. The van der Waals surface area contributed by atoms with Crippen molar-refractivity contribution in [2.75, 3.05) is 45.9 Å². The van der Waals surface area contributed by atoms with Gasteiger partial charge in [0.1, 0.15) is 18.5 Å². The quantitative estimate of drug-likeness (QED) is 0.829. The van der Waals surface area contributed by atoms with Crippen LogP contribution in [0.2, 0.25) is 0 Å². The summed E-state index contributed by atoms with van der Waals surface area (Å²) in [5, 5.41) is 0. The molecular weight excluding hydrogens is 292 g/mol. The molecule has 0 radical (unpaired) electrons. The summed E-state index contributed by atoms with van der Waals surface area (Å²) in [6.07, 6.45) is 1.70. The molecule has 2 aliphatic rings. The zero-order chi connectivity index (χ0) is 16.1. The van der Waals surface area contributed by atoms with Crippen LogP contribution in [0.1, 0.15) is 18.4 Å². The van der Waals surface area contributed by atoms with Crippen LogP contribution in [0.15, 0.2) is 24.3 Å². The predicted molar refractivity (Wildman–Crippen MR) is 88.7 cm³/mol. The third-order valence-corrected chi connectivity index (χ3v) is 4.59. The Labute approximate surface area is 138 Å². The standard InChI is InChI=1S/C18H26N2O3/c1-15-4-6-16(7-5-15)22-14-12-19-8-10-20(11-9-19)18(21)17-3-2-13-23-17/h4-7,17H,2-3,8-14H2,1H3. The number of amides is 1. The number of rotatable bonds is 5. The Bertz CT molecular complexity index is 504. The molecule has 0 bridgehead atoms. The zero-order valence-electron chi connectivity index (χ0n) is 13.9. The second kappa shape index (κ2) is 7.79. The summed E-state index contributed by atoms with van der Waals surface area (Å²) in [4.78, 5) is 16.6. The Morgan fingerprint density at radius 1 is 1.22 bits per heavy atom. The van der Waals surface area contributed by atoms with Gasteiger partial charge in [0, 0.05) is 39.3 Å². The number of piperazine rings is 1. The van der Waals surface area contributed by atoms with Crippen molar-refractivity contribution in [1.29, 1.82) is 0 Å². The molecule has 2 fully saturated rings. The molecule has 1 atom stereocenters. The fourth-order valence-electron chi connectivity index (χ4n) is 3.10. The van der Waals surface area contributed by atoms with Gasteiger partial charge in [-0.1, -0.05) is 17.7 Å². The van der Waals surface area contributed by atoms with E-state index in [9.17, 15) is 4.79 Å². The smallest absolute Gasteiger partial charge is 0.251 e. The minimum absolute atomic E-state index is 0.179. The van der Waals surface area contributed by atoms with Gasteiger partial charge in [-0.05, 0) is 31.9 Å². The van der Waals surface area contributed by atoms with Gasteiger partial charge in [-0.15, -0.1) is 0 Å². The van der Waals surface area contributed by atoms with E-state index in [4.69, 9.17) is 9.47 Å². The molecule has 0 aromatic heterocycles. The number of ether oxygens (including phenoxy) is 2. The third kappa shape index (κ3) is 4.45. The second-order valence-electron chi connectivity index (χ2n) is 6.33. The Kier molecular flexibility index (Phi) is 5.51. The molecular formula is C18H26N2O3. The number of carbonyl (C=O) groups is 1. The summed E-state index contributed by atoms with van der Waals surface area (Å²) in [7, 11) is 0. The minimum atomic E-state index is -0.188. The fraction of sp³-hybridized carbons (Fsp3) is 0.611. The Morgan fingerprint density at radius 2 is 1.96 bits per heavy atom. The number of nitrogens with zero attached hydrogens (tertiary/aromatic N) is 2. The van der Waals surface area contributed by atoms with Crippen LogP contribution in [-0.2, 0) is 9.53 Å². The maximum absolute atomic E-state index is 12.3. The number of benzene rings is 1. The van der Waals surface area contributed by atoms with Crippen molar-refractivity contribution >= 4 is 5.91 Å². The first-order valence-electron chi connectivity index (χ1n) is 8.54. The monoisotopic (exact) mass is 318 g/mol. The minimum Gasteiger partial charge on any atom is -0.492 e. The number of carbonyl (C=O) groups excluding carboxylic acids is 1. The third-order valence-electron chi connectivity index (χ3n) is 4.59. The van der Waals surface area contributed by atoms with Crippen molar-refractivity contribution in [1.82, 2.24) is 9.80 Å². The molecule has 0 N–H and O–H groups in total. The van der Waals surface area contributed by atoms with E-state index in [0.717, 1.165) is 57.9 Å². The molecule has 5 nitrogen and oxygen atoms in total. The van der Waals surface area contributed by atoms with Gasteiger partial charge in [0.25, 0.3) is 5.91 Å². The highest BCUT2D eigenvalue weighted by Crippen LogP contribution is 2.16. The van der Waals surface area contributed by atoms with Crippen LogP contribution in [-0.4, -0.2) is 67.7 Å². The number of hydrogen-bond donors (Lipinski definition) is 0. The van der Waals surface area contributed by atoms with Crippen molar-refractivity contribution in [3.8, 4) is 5.75 Å². The van der Waals surface area contributed by atoms with E-state index in [0.29, 0.717) is 6.61 Å². The van der Waals surface area contributed by atoms with E-state index in [1.807, 2.05) is 17.0 Å². The van der Waals surface area contributed by atoms with Crippen molar-refractivity contribution in [2.45, 2.75) is 25.9 Å². The second-order valence-corrected chi connectivity index (χ2v) is 6.33. The lowest BCUT2D eigenvalue weighted by Gasteiger charge is -2.35. The lowest BCUT2D eigenvalue weighted by molar-refractivity contribution is -0.142. The Hall–Kier alpha value is -1.59. The lowest BCUT2D eigenvalue weighted by atomic mass is 10.2. The first-order valence-corrected chi connectivity index (χ1v) is 8.54. The van der Waals surface area contributed by atoms with Crippen LogP contribution in [0.25, 0.3) is 0 Å². The topological polar surface area (TPSA) is 42.0 Å². The van der Waals surface area contributed by atoms with E-state index < -0.39 is 0 Å². The van der Waals surface area contributed by atoms with Gasteiger partial charge in [0.05, 0.1) is 0 Å². The molecule has 1 aromatic rings. The largest absolute Gasteiger partial charge is 0.492 e. The van der Waals surface area contributed by atoms with Gasteiger partial charge in [-0.25, -0.2) is 0 Å². The van der Waals surface area contributed by atoms with E-state index in [-0.39, 0.29) is 12.0 Å². The molecule has 0 saturated carbocycles. The molecule has 23 heavy (non-hydrogen) atoms. The van der Waals surface area contributed by atoms with Crippen LogP contribution in [0.3, 0.4) is 0 Å². The van der Waals surface area contributed by atoms with Gasteiger partial charge in [0.2, 0.25) is 0 Å². The average molecular weight is 318 g/mol. The Morgan fingerprint density at radius 3 is 2.61 bits per heavy atom. The lowest BCUT2D eigenvalue weighted by Crippen LogP contribution is -2.52. The fourth-order valence-corrected chi connectivity index (χ4v) is 3.10. The molecule has 2 saturated heterocycles. The summed E-state index contributed by atoms with van der Waals surface area (Å²) in [6, 6.07) is 8.14. The SMILES string of the molecule is Cc1ccc(OCCN2CCN(C(=O)C3CCCO3)CC2)cc1. The maximum atomic E-state index is 12.3. The van der Waals surface area contributed by atoms with Crippen molar-refractivity contribution in [2.24, 2.45) is 0 Å². The highest BCUT2D eigenvalue weighted by molar-refractivity contribution is 5.81. The molecule has 2 aliphatic heterocycles. The molecule has 1 unspecified atom stereocenters. The predicted octanol–water partition coefficient (Wildman–Crippen LogP) is 1.70. The molecule has 0 spiro atoms. The zero-order valence-corrected chi connectivity index (χ0v) is 13.9. The van der Waals surface area contributed by atoms with E-state index >= 15 is 0 Å². The summed E-state index contributed by atoms with van der Waals surface area (Å²) in [6.45, 7) is 7.80. The summed E-state index contributed by atoms with van der Waals surface area (Å²) in [5.74, 6) is 1.10. The molecule has 1 amide bonds. The van der Waals surface area contributed by atoms with E-state index in [1.165, 1.54) is 5.56 Å². The van der Waals surface area contributed by atoms with Crippen molar-refractivity contribution in [3.05, 3.63) is 29.8 Å². The average Bonchev–Trinajstić information content (AvgIpc) is 3.11. The normalized spacial score (nSPS) is 22.3. The summed E-state index contributed by atoms with van der Waals surface area (Å²) < 4.78 is 11.3. The van der Waals surface area contributed by atoms with Gasteiger partial charge in [-0.2, -0.15) is 0 Å². The van der Waals surface area contributed by atoms with Gasteiger partial charge >= 0.3 is 0 Å². The van der Waals surface area contributed by atoms with Crippen molar-refractivity contribution in [3.63, 3.8) is 0 Å². The molecule has 0 aliphatic carbocycles. The molecule has 2 heterocycles. The number of hydrogen-bond acceptors (Lipinski definition) is 4. The highest BCUT2D eigenvalue weighted by Gasteiger charge is 2.30. The molecule has 5 heteroatoms. The summed E-state index contributed by atoms with van der Waals surface area (Å²) >= 11 is 0. The van der Waals surface area contributed by atoms with Gasteiger partial charge in [-0.3, -0.25) is 9.69 Å². The van der Waals surface area contributed by atoms with Crippen LogP contribution >= 0.6 is 0 Å². The molecule has 3 rings (SSSR count). The van der Waals surface area contributed by atoms with Gasteiger partial charge in [0.15, 0.2) is 0 Å². The van der Waals surface area contributed by atoms with E-state index in [1.54, 1.807) is 0 Å². The van der Waals surface area contributed by atoms with Crippen LogP contribution in [0, 0.1) is 6.92 Å². The van der Waals surface area contributed by atoms with E-state index in [2.05, 4.69) is 24.0 Å². The number of aryl methyl sites for hydroxylation is 1. The highest BCUT2D eigenvalue weighted by atomic mass is 16.5. The van der Waals surface area contributed by atoms with Crippen LogP contribution in [0.4, 0.5) is 0 Å². The van der Waals surface area contributed by atoms with Crippen LogP contribution < -0.4 is 4.74 Å². The van der Waals surface area contributed by atoms with Crippen molar-refractivity contribution < 1.29 is 14.3 Å². The first kappa shape index (κ1) is 16.3. The maximum Gasteiger partial charge on any atom is 0.251 e. The summed E-state index contributed by atoms with van der Waals surface area (Å²) in [5.41, 5.74) is 1.24. The van der Waals surface area contributed by atoms with Gasteiger partial charge < -0.3 is 14.4 Å². The molecule has 126 valence electrons. The van der Waals surface area contributed by atoms with Crippen LogP contribution in [0.5, 0.6) is 5.75 Å². The first-order chi connectivity index (χ1) is 11.2. The molecule has 1 aromatic carbocycles.